The smallest absolute Gasteiger partial charge is 0.193 e. The molecule has 6 nitrogen and oxygen atoms in total. The van der Waals surface area contributed by atoms with Crippen LogP contribution in [0.3, 0.4) is 0 Å². The lowest BCUT2D eigenvalue weighted by molar-refractivity contribution is 0.462. The number of aromatic nitrogens is 2. The van der Waals surface area contributed by atoms with Crippen molar-refractivity contribution in [3.63, 3.8) is 0 Å². The van der Waals surface area contributed by atoms with Crippen LogP contribution in [-0.4, -0.2) is 54.1 Å². The lowest BCUT2D eigenvalue weighted by Crippen LogP contribution is -2.39. The van der Waals surface area contributed by atoms with Crippen molar-refractivity contribution < 1.29 is 0 Å². The van der Waals surface area contributed by atoms with Crippen LogP contribution < -0.4 is 10.2 Å². The second kappa shape index (κ2) is 8.90. The van der Waals surface area contributed by atoms with Gasteiger partial charge in [0.15, 0.2) is 11.1 Å². The molecule has 0 spiro atoms. The normalized spacial score (nSPS) is 14.9. The SMILES string of the molecule is CN=C(NCCc1csc(N2CCCC2)n1)N(C)Cc1cc(Br)cn1C. The van der Waals surface area contributed by atoms with Gasteiger partial charge in [0, 0.05) is 68.9 Å². The molecular weight excluding hydrogens is 412 g/mol. The number of nitrogens with zero attached hydrogens (tertiary/aromatic N) is 5. The summed E-state index contributed by atoms with van der Waals surface area (Å²) in [5.74, 6) is 0.900. The highest BCUT2D eigenvalue weighted by Crippen LogP contribution is 2.24. The predicted molar refractivity (Wildman–Crippen MR) is 113 cm³/mol. The highest BCUT2D eigenvalue weighted by Gasteiger charge is 2.15. The molecule has 0 saturated carbocycles. The highest BCUT2D eigenvalue weighted by molar-refractivity contribution is 9.10. The molecule has 0 amide bonds. The van der Waals surface area contributed by atoms with Gasteiger partial charge in [-0.05, 0) is 34.8 Å². The van der Waals surface area contributed by atoms with Crippen LogP contribution in [-0.2, 0) is 20.0 Å². The standard InChI is InChI=1S/C18H27BrN6S/c1-20-17(24(3)12-16-10-14(19)11-23(16)2)21-7-6-15-13-26-18(22-15)25-8-4-5-9-25/h10-11,13H,4-9,12H2,1-3H3,(H,20,21). The van der Waals surface area contributed by atoms with E-state index in [4.69, 9.17) is 4.98 Å². The van der Waals surface area contributed by atoms with E-state index in [0.717, 1.165) is 48.7 Å². The molecule has 1 aliphatic rings. The Hall–Kier alpha value is -1.54. The highest BCUT2D eigenvalue weighted by atomic mass is 79.9. The van der Waals surface area contributed by atoms with Gasteiger partial charge in [-0.2, -0.15) is 0 Å². The lowest BCUT2D eigenvalue weighted by Gasteiger charge is -2.22. The summed E-state index contributed by atoms with van der Waals surface area (Å²) in [4.78, 5) is 13.7. The van der Waals surface area contributed by atoms with Crippen LogP contribution in [0, 0.1) is 0 Å². The first-order valence-electron chi connectivity index (χ1n) is 8.98. The molecule has 2 aromatic rings. The average Bonchev–Trinajstić information content (AvgIpc) is 3.33. The van der Waals surface area contributed by atoms with Gasteiger partial charge in [-0.1, -0.05) is 0 Å². The van der Waals surface area contributed by atoms with Gasteiger partial charge in [-0.25, -0.2) is 4.98 Å². The number of guanidine groups is 1. The van der Waals surface area contributed by atoms with Crippen LogP contribution in [0.4, 0.5) is 5.13 Å². The average molecular weight is 439 g/mol. The molecule has 1 fully saturated rings. The van der Waals surface area contributed by atoms with Gasteiger partial charge in [0.25, 0.3) is 0 Å². The number of aryl methyl sites for hydroxylation is 1. The lowest BCUT2D eigenvalue weighted by atomic mass is 10.3. The van der Waals surface area contributed by atoms with E-state index in [1.54, 1.807) is 11.3 Å². The third-order valence-corrected chi connectivity index (χ3v) is 6.01. The number of rotatable bonds is 6. The number of hydrogen-bond acceptors (Lipinski definition) is 4. The Morgan fingerprint density at radius 1 is 1.42 bits per heavy atom. The summed E-state index contributed by atoms with van der Waals surface area (Å²) in [6, 6.07) is 2.14. The third-order valence-electron chi connectivity index (χ3n) is 4.63. The van der Waals surface area contributed by atoms with Gasteiger partial charge in [0.2, 0.25) is 0 Å². The number of aliphatic imine (C=N–C) groups is 1. The minimum atomic E-state index is 0.803. The summed E-state index contributed by atoms with van der Waals surface area (Å²) in [5, 5.41) is 6.81. The molecule has 0 atom stereocenters. The van der Waals surface area contributed by atoms with E-state index >= 15 is 0 Å². The van der Waals surface area contributed by atoms with E-state index in [-0.39, 0.29) is 0 Å². The van der Waals surface area contributed by atoms with Crippen LogP contribution in [0.5, 0.6) is 0 Å². The van der Waals surface area contributed by atoms with Gasteiger partial charge < -0.3 is 19.7 Å². The van der Waals surface area contributed by atoms with Gasteiger partial charge in [0.05, 0.1) is 12.2 Å². The number of hydrogen-bond donors (Lipinski definition) is 1. The zero-order chi connectivity index (χ0) is 18.5. The summed E-state index contributed by atoms with van der Waals surface area (Å²) >= 11 is 5.29. The van der Waals surface area contributed by atoms with E-state index in [2.05, 4.69) is 72.3 Å². The first kappa shape index (κ1) is 19.2. The number of nitrogens with one attached hydrogen (secondary N) is 1. The van der Waals surface area contributed by atoms with Crippen molar-refractivity contribution in [3.05, 3.63) is 33.5 Å². The summed E-state index contributed by atoms with van der Waals surface area (Å²) in [6.45, 7) is 3.93. The van der Waals surface area contributed by atoms with Gasteiger partial charge in [-0.15, -0.1) is 11.3 Å². The second-order valence-electron chi connectivity index (χ2n) is 6.66. The van der Waals surface area contributed by atoms with E-state index in [1.165, 1.54) is 23.7 Å². The quantitative estimate of drug-likeness (QED) is 0.555. The Bertz CT molecular complexity index is 747. The maximum absolute atomic E-state index is 4.78. The van der Waals surface area contributed by atoms with Crippen LogP contribution >= 0.6 is 27.3 Å². The number of halogens is 1. The Morgan fingerprint density at radius 2 is 2.19 bits per heavy atom. The van der Waals surface area contributed by atoms with Crippen molar-refractivity contribution >= 4 is 38.4 Å². The Kier molecular flexibility index (Phi) is 6.58. The van der Waals surface area contributed by atoms with Gasteiger partial charge >= 0.3 is 0 Å². The minimum Gasteiger partial charge on any atom is -0.356 e. The zero-order valence-corrected chi connectivity index (χ0v) is 18.1. The molecule has 3 heterocycles. The van der Waals surface area contributed by atoms with Crippen molar-refractivity contribution in [3.8, 4) is 0 Å². The molecule has 0 unspecified atom stereocenters. The first-order valence-corrected chi connectivity index (χ1v) is 10.7. The number of anilines is 1. The molecule has 8 heteroatoms. The molecule has 0 aliphatic carbocycles. The summed E-state index contributed by atoms with van der Waals surface area (Å²) in [5.41, 5.74) is 2.39. The monoisotopic (exact) mass is 438 g/mol. The molecule has 3 rings (SSSR count). The van der Waals surface area contributed by atoms with E-state index < -0.39 is 0 Å². The minimum absolute atomic E-state index is 0.803. The van der Waals surface area contributed by atoms with E-state index in [9.17, 15) is 0 Å². The van der Waals surface area contributed by atoms with Gasteiger partial charge in [-0.3, -0.25) is 4.99 Å². The van der Waals surface area contributed by atoms with Crippen molar-refractivity contribution in [2.24, 2.45) is 12.0 Å². The van der Waals surface area contributed by atoms with Crippen LogP contribution in [0.25, 0.3) is 0 Å². The first-order chi connectivity index (χ1) is 12.6. The second-order valence-corrected chi connectivity index (χ2v) is 8.41. The van der Waals surface area contributed by atoms with E-state index in [1.807, 2.05) is 7.05 Å². The molecule has 0 aromatic carbocycles. The molecule has 142 valence electrons. The van der Waals surface area contributed by atoms with Crippen molar-refractivity contribution in [1.29, 1.82) is 0 Å². The topological polar surface area (TPSA) is 48.7 Å². The van der Waals surface area contributed by atoms with Crippen molar-refractivity contribution in [1.82, 2.24) is 19.8 Å². The molecule has 1 aliphatic heterocycles. The van der Waals surface area contributed by atoms with E-state index in [0.29, 0.717) is 0 Å². The fraction of sp³-hybridized carbons (Fsp3) is 0.556. The fourth-order valence-electron chi connectivity index (χ4n) is 3.19. The Morgan fingerprint density at radius 3 is 2.85 bits per heavy atom. The third kappa shape index (κ3) is 4.79. The maximum Gasteiger partial charge on any atom is 0.193 e. The zero-order valence-electron chi connectivity index (χ0n) is 15.7. The van der Waals surface area contributed by atoms with Crippen molar-refractivity contribution in [2.75, 3.05) is 38.6 Å². The molecule has 26 heavy (non-hydrogen) atoms. The predicted octanol–water partition coefficient (Wildman–Crippen LogP) is 3.09. The number of thiazole rings is 1. The van der Waals surface area contributed by atoms with Crippen LogP contribution in [0.1, 0.15) is 24.2 Å². The Labute approximate surface area is 168 Å². The molecular formula is C18H27BrN6S. The molecule has 0 bridgehead atoms. The van der Waals surface area contributed by atoms with Gasteiger partial charge in [0.1, 0.15) is 0 Å². The van der Waals surface area contributed by atoms with Crippen molar-refractivity contribution in [2.45, 2.75) is 25.8 Å². The summed E-state index contributed by atoms with van der Waals surface area (Å²) in [6.07, 6.45) is 5.56. The van der Waals surface area contributed by atoms with Crippen LogP contribution in [0.15, 0.2) is 27.1 Å². The van der Waals surface area contributed by atoms with Crippen LogP contribution in [0.2, 0.25) is 0 Å². The summed E-state index contributed by atoms with van der Waals surface area (Å²) in [7, 11) is 5.95. The summed E-state index contributed by atoms with van der Waals surface area (Å²) < 4.78 is 3.23. The molecule has 1 N–H and O–H groups in total. The largest absolute Gasteiger partial charge is 0.356 e. The molecule has 0 radical (unpaired) electrons. The molecule has 2 aromatic heterocycles. The maximum atomic E-state index is 4.78. The molecule has 1 saturated heterocycles. The fourth-order valence-corrected chi connectivity index (χ4v) is 4.68. The Balaban J connectivity index is 1.48.